The van der Waals surface area contributed by atoms with E-state index in [2.05, 4.69) is 5.32 Å². The highest BCUT2D eigenvalue weighted by molar-refractivity contribution is 5.95. The highest BCUT2D eigenvalue weighted by Crippen LogP contribution is 2.22. The summed E-state index contributed by atoms with van der Waals surface area (Å²) in [4.78, 5) is 25.1. The molecule has 6 nitrogen and oxygen atoms in total. The quantitative estimate of drug-likeness (QED) is 0.666. The van der Waals surface area contributed by atoms with Gasteiger partial charge in [0.05, 0.1) is 4.92 Å². The first kappa shape index (κ1) is 15.4. The monoisotopic (exact) mass is 291 g/mol. The standard InChI is InChI=1S/C15H21N3O3/c1-3-8-17(13-6-7-16-10-13)15(19)12-5-4-11(2)14(9-12)18(20)21/h4-5,9,13,16H,3,6-8,10H2,1-2H3. The van der Waals surface area contributed by atoms with Crippen molar-refractivity contribution in [3.8, 4) is 0 Å². The molecule has 0 radical (unpaired) electrons. The molecule has 1 unspecified atom stereocenters. The lowest BCUT2D eigenvalue weighted by atomic mass is 10.1. The molecule has 1 saturated heterocycles. The van der Waals surface area contributed by atoms with Crippen molar-refractivity contribution < 1.29 is 9.72 Å². The molecular weight excluding hydrogens is 270 g/mol. The summed E-state index contributed by atoms with van der Waals surface area (Å²) < 4.78 is 0. The second-order valence-corrected chi connectivity index (χ2v) is 5.40. The second-order valence-electron chi connectivity index (χ2n) is 5.40. The van der Waals surface area contributed by atoms with Gasteiger partial charge in [-0.2, -0.15) is 0 Å². The molecule has 1 aromatic rings. The Hall–Kier alpha value is -1.95. The number of amides is 1. The van der Waals surface area contributed by atoms with Crippen LogP contribution in [0.3, 0.4) is 0 Å². The molecule has 114 valence electrons. The number of hydrogen-bond acceptors (Lipinski definition) is 4. The van der Waals surface area contributed by atoms with Crippen LogP contribution < -0.4 is 5.32 Å². The van der Waals surface area contributed by atoms with E-state index < -0.39 is 4.92 Å². The third-order valence-corrected chi connectivity index (χ3v) is 3.85. The van der Waals surface area contributed by atoms with Crippen LogP contribution in [0.2, 0.25) is 0 Å². The number of hydrogen-bond donors (Lipinski definition) is 1. The molecule has 1 heterocycles. The minimum absolute atomic E-state index is 0.00171. The van der Waals surface area contributed by atoms with E-state index >= 15 is 0 Å². The number of nitro groups is 1. The summed E-state index contributed by atoms with van der Waals surface area (Å²) in [6.07, 6.45) is 1.80. The number of aryl methyl sites for hydroxylation is 1. The largest absolute Gasteiger partial charge is 0.334 e. The van der Waals surface area contributed by atoms with Gasteiger partial charge in [0, 0.05) is 36.3 Å². The van der Waals surface area contributed by atoms with Crippen LogP contribution in [0.1, 0.15) is 35.7 Å². The first-order valence-corrected chi connectivity index (χ1v) is 7.31. The zero-order valence-electron chi connectivity index (χ0n) is 12.5. The first-order valence-electron chi connectivity index (χ1n) is 7.31. The highest BCUT2D eigenvalue weighted by Gasteiger charge is 2.27. The summed E-state index contributed by atoms with van der Waals surface area (Å²) >= 11 is 0. The fourth-order valence-corrected chi connectivity index (χ4v) is 2.70. The van der Waals surface area contributed by atoms with Crippen molar-refractivity contribution in [2.75, 3.05) is 19.6 Å². The minimum Gasteiger partial charge on any atom is -0.334 e. The van der Waals surface area contributed by atoms with E-state index in [0.717, 1.165) is 25.9 Å². The third-order valence-electron chi connectivity index (χ3n) is 3.85. The van der Waals surface area contributed by atoms with Gasteiger partial charge in [0.1, 0.15) is 0 Å². The van der Waals surface area contributed by atoms with Crippen molar-refractivity contribution in [1.82, 2.24) is 10.2 Å². The van der Waals surface area contributed by atoms with E-state index in [4.69, 9.17) is 0 Å². The summed E-state index contributed by atoms with van der Waals surface area (Å²) in [6, 6.07) is 4.89. The predicted octanol–water partition coefficient (Wildman–Crippen LogP) is 2.12. The maximum absolute atomic E-state index is 12.7. The van der Waals surface area contributed by atoms with Gasteiger partial charge in [-0.3, -0.25) is 14.9 Å². The van der Waals surface area contributed by atoms with E-state index in [0.29, 0.717) is 17.7 Å². The molecule has 0 aromatic heterocycles. The maximum Gasteiger partial charge on any atom is 0.273 e. The summed E-state index contributed by atoms with van der Waals surface area (Å²) in [5, 5.41) is 14.3. The molecule has 2 rings (SSSR count). The molecule has 1 aliphatic rings. The van der Waals surface area contributed by atoms with E-state index in [-0.39, 0.29) is 17.6 Å². The Kier molecular flexibility index (Phi) is 4.90. The zero-order chi connectivity index (χ0) is 15.4. The Bertz CT molecular complexity index is 539. The van der Waals surface area contributed by atoms with Gasteiger partial charge in [0.2, 0.25) is 0 Å². The number of nitrogens with one attached hydrogen (secondary N) is 1. The first-order chi connectivity index (χ1) is 10.0. The lowest BCUT2D eigenvalue weighted by molar-refractivity contribution is -0.385. The van der Waals surface area contributed by atoms with Crippen molar-refractivity contribution in [2.24, 2.45) is 0 Å². The normalized spacial score (nSPS) is 17.7. The maximum atomic E-state index is 12.7. The molecule has 0 saturated carbocycles. The van der Waals surface area contributed by atoms with Crippen molar-refractivity contribution in [1.29, 1.82) is 0 Å². The fraction of sp³-hybridized carbons (Fsp3) is 0.533. The van der Waals surface area contributed by atoms with Crippen LogP contribution in [0.15, 0.2) is 18.2 Å². The van der Waals surface area contributed by atoms with Gasteiger partial charge in [0.25, 0.3) is 11.6 Å². The number of rotatable bonds is 5. The molecule has 0 bridgehead atoms. The Morgan fingerprint density at radius 3 is 2.86 bits per heavy atom. The van der Waals surface area contributed by atoms with Gasteiger partial charge < -0.3 is 10.2 Å². The molecule has 1 aromatic carbocycles. The van der Waals surface area contributed by atoms with Crippen LogP contribution >= 0.6 is 0 Å². The molecular formula is C15H21N3O3. The average molecular weight is 291 g/mol. The van der Waals surface area contributed by atoms with Crippen LogP contribution in [0.5, 0.6) is 0 Å². The molecule has 1 N–H and O–H groups in total. The van der Waals surface area contributed by atoms with Gasteiger partial charge >= 0.3 is 0 Å². The number of carbonyl (C=O) groups is 1. The number of carbonyl (C=O) groups excluding carboxylic acids is 1. The summed E-state index contributed by atoms with van der Waals surface area (Å²) in [5.41, 5.74) is 0.968. The smallest absolute Gasteiger partial charge is 0.273 e. The van der Waals surface area contributed by atoms with Gasteiger partial charge in [-0.15, -0.1) is 0 Å². The number of nitro benzene ring substituents is 1. The molecule has 6 heteroatoms. The molecule has 0 spiro atoms. The Morgan fingerprint density at radius 2 is 2.29 bits per heavy atom. The topological polar surface area (TPSA) is 75.5 Å². The molecule has 1 aliphatic heterocycles. The van der Waals surface area contributed by atoms with Crippen molar-refractivity contribution in [2.45, 2.75) is 32.7 Å². The van der Waals surface area contributed by atoms with Gasteiger partial charge in [-0.1, -0.05) is 13.0 Å². The third kappa shape index (κ3) is 3.39. The van der Waals surface area contributed by atoms with Crippen LogP contribution in [0, 0.1) is 17.0 Å². The molecule has 0 aliphatic carbocycles. The molecule has 1 atom stereocenters. The Labute approximate surface area is 124 Å². The number of nitrogens with zero attached hydrogens (tertiary/aromatic N) is 2. The minimum atomic E-state index is -0.437. The Morgan fingerprint density at radius 1 is 1.52 bits per heavy atom. The number of benzene rings is 1. The zero-order valence-corrected chi connectivity index (χ0v) is 12.5. The van der Waals surface area contributed by atoms with E-state index in [1.807, 2.05) is 11.8 Å². The van der Waals surface area contributed by atoms with E-state index in [9.17, 15) is 14.9 Å². The Balaban J connectivity index is 2.27. The van der Waals surface area contributed by atoms with E-state index in [1.165, 1.54) is 6.07 Å². The summed E-state index contributed by atoms with van der Waals surface area (Å²) in [6.45, 7) is 6.08. The highest BCUT2D eigenvalue weighted by atomic mass is 16.6. The van der Waals surface area contributed by atoms with E-state index in [1.54, 1.807) is 19.1 Å². The lowest BCUT2D eigenvalue weighted by Crippen LogP contribution is -2.42. The SMILES string of the molecule is CCCN(C(=O)c1ccc(C)c([N+](=O)[O-])c1)C1CCNC1. The van der Waals surface area contributed by atoms with Crippen LogP contribution in [-0.4, -0.2) is 41.4 Å². The predicted molar refractivity (Wildman–Crippen MR) is 80.4 cm³/mol. The van der Waals surface area contributed by atoms with Gasteiger partial charge in [-0.05, 0) is 32.4 Å². The van der Waals surface area contributed by atoms with Crippen molar-refractivity contribution in [3.05, 3.63) is 39.4 Å². The van der Waals surface area contributed by atoms with Gasteiger partial charge in [-0.25, -0.2) is 0 Å². The summed E-state index contributed by atoms with van der Waals surface area (Å²) in [5.74, 6) is -0.117. The van der Waals surface area contributed by atoms with Gasteiger partial charge in [0.15, 0.2) is 0 Å². The second kappa shape index (κ2) is 6.67. The van der Waals surface area contributed by atoms with Crippen molar-refractivity contribution in [3.63, 3.8) is 0 Å². The molecule has 1 amide bonds. The lowest BCUT2D eigenvalue weighted by Gasteiger charge is -2.28. The molecule has 1 fully saturated rings. The average Bonchev–Trinajstić information content (AvgIpc) is 2.98. The van der Waals surface area contributed by atoms with Crippen LogP contribution in [0.25, 0.3) is 0 Å². The van der Waals surface area contributed by atoms with Crippen LogP contribution in [0.4, 0.5) is 5.69 Å². The van der Waals surface area contributed by atoms with Crippen LogP contribution in [-0.2, 0) is 0 Å². The summed E-state index contributed by atoms with van der Waals surface area (Å²) in [7, 11) is 0. The van der Waals surface area contributed by atoms with Crippen molar-refractivity contribution >= 4 is 11.6 Å². The fourth-order valence-electron chi connectivity index (χ4n) is 2.70. The molecule has 21 heavy (non-hydrogen) atoms.